The molecule has 2 atom stereocenters. The predicted molar refractivity (Wildman–Crippen MR) is 69.9 cm³/mol. The van der Waals surface area contributed by atoms with E-state index in [-0.39, 0.29) is 6.04 Å². The molecule has 1 saturated heterocycles. The molecule has 4 nitrogen and oxygen atoms in total. The van der Waals surface area contributed by atoms with Crippen LogP contribution in [0.25, 0.3) is 0 Å². The fourth-order valence-electron chi connectivity index (χ4n) is 2.56. The van der Waals surface area contributed by atoms with E-state index in [1.54, 1.807) is 6.20 Å². The van der Waals surface area contributed by atoms with Gasteiger partial charge in [0.1, 0.15) is 11.0 Å². The first-order chi connectivity index (χ1) is 8.09. The highest BCUT2D eigenvalue weighted by Gasteiger charge is 2.26. The molecule has 0 spiro atoms. The Morgan fingerprint density at radius 1 is 1.59 bits per heavy atom. The van der Waals surface area contributed by atoms with Crippen LogP contribution in [-0.4, -0.2) is 33.1 Å². The van der Waals surface area contributed by atoms with Crippen molar-refractivity contribution in [3.8, 4) is 0 Å². The van der Waals surface area contributed by atoms with Crippen molar-refractivity contribution in [3.05, 3.63) is 17.2 Å². The average molecular weight is 257 g/mol. The molecule has 17 heavy (non-hydrogen) atoms. The number of hydrogen-bond donors (Lipinski definition) is 1. The van der Waals surface area contributed by atoms with Crippen molar-refractivity contribution in [2.45, 2.75) is 44.8 Å². The molecule has 2 N–H and O–H groups in total. The van der Waals surface area contributed by atoms with Crippen molar-refractivity contribution in [2.24, 2.45) is 12.8 Å². The van der Waals surface area contributed by atoms with E-state index in [4.69, 9.17) is 17.3 Å². The molecule has 0 aliphatic carbocycles. The van der Waals surface area contributed by atoms with Crippen molar-refractivity contribution in [1.29, 1.82) is 0 Å². The molecular weight excluding hydrogens is 236 g/mol. The van der Waals surface area contributed by atoms with Crippen LogP contribution in [0.5, 0.6) is 0 Å². The van der Waals surface area contributed by atoms with Crippen LogP contribution < -0.4 is 5.73 Å². The maximum atomic E-state index is 6.06. The Morgan fingerprint density at radius 2 is 2.35 bits per heavy atom. The Kier molecular flexibility index (Phi) is 4.07. The molecule has 0 amide bonds. The second kappa shape index (κ2) is 5.38. The quantitative estimate of drug-likeness (QED) is 0.897. The van der Waals surface area contributed by atoms with Crippen molar-refractivity contribution in [2.75, 3.05) is 6.54 Å². The summed E-state index contributed by atoms with van der Waals surface area (Å²) in [5, 5.41) is 0.689. The van der Waals surface area contributed by atoms with Gasteiger partial charge in [-0.1, -0.05) is 18.0 Å². The molecule has 2 unspecified atom stereocenters. The molecule has 1 aliphatic rings. The second-order valence-electron chi connectivity index (χ2n) is 4.95. The Morgan fingerprint density at radius 3 is 2.94 bits per heavy atom. The predicted octanol–water partition coefficient (Wildman–Crippen LogP) is 1.78. The van der Waals surface area contributed by atoms with Crippen LogP contribution in [0.2, 0.25) is 5.15 Å². The average Bonchev–Trinajstić information content (AvgIpc) is 2.61. The summed E-state index contributed by atoms with van der Waals surface area (Å²) in [5.74, 6) is 1.02. The third-order valence-corrected chi connectivity index (χ3v) is 3.99. The molecule has 0 bridgehead atoms. The van der Waals surface area contributed by atoms with Gasteiger partial charge in [-0.3, -0.25) is 4.90 Å². The normalized spacial score (nSPS) is 23.9. The van der Waals surface area contributed by atoms with E-state index in [0.717, 1.165) is 18.9 Å². The van der Waals surface area contributed by atoms with Crippen molar-refractivity contribution < 1.29 is 0 Å². The van der Waals surface area contributed by atoms with Crippen molar-refractivity contribution in [3.63, 3.8) is 0 Å². The van der Waals surface area contributed by atoms with Crippen LogP contribution in [0.3, 0.4) is 0 Å². The van der Waals surface area contributed by atoms with Gasteiger partial charge in [-0.15, -0.1) is 0 Å². The number of nitrogens with zero attached hydrogens (tertiary/aromatic N) is 3. The molecule has 0 aromatic carbocycles. The molecule has 0 radical (unpaired) electrons. The standard InChI is InChI=1S/C12H21ClN4/c1-9(14)10-5-3-4-6-17(10)8-12-15-7-11(13)16(12)2/h7,9-10H,3-6,8,14H2,1-2H3. The van der Waals surface area contributed by atoms with Crippen LogP contribution in [0.1, 0.15) is 32.0 Å². The molecule has 0 saturated carbocycles. The molecular formula is C12H21ClN4. The Hall–Kier alpha value is -0.580. The van der Waals surface area contributed by atoms with Gasteiger partial charge in [0.05, 0.1) is 12.7 Å². The summed E-state index contributed by atoms with van der Waals surface area (Å²) in [6, 6.07) is 0.685. The van der Waals surface area contributed by atoms with Crippen LogP contribution in [0, 0.1) is 0 Å². The fourth-order valence-corrected chi connectivity index (χ4v) is 2.71. The topological polar surface area (TPSA) is 47.1 Å². The maximum Gasteiger partial charge on any atom is 0.128 e. The number of nitrogens with two attached hydrogens (primary N) is 1. The third kappa shape index (κ3) is 2.81. The zero-order chi connectivity index (χ0) is 12.4. The minimum atomic E-state index is 0.214. The summed E-state index contributed by atoms with van der Waals surface area (Å²) in [7, 11) is 1.95. The van der Waals surface area contributed by atoms with E-state index in [9.17, 15) is 0 Å². The first kappa shape index (κ1) is 12.9. The first-order valence-corrected chi connectivity index (χ1v) is 6.63. The minimum absolute atomic E-state index is 0.214. The number of piperidine rings is 1. The fraction of sp³-hybridized carbons (Fsp3) is 0.750. The highest BCUT2D eigenvalue weighted by Crippen LogP contribution is 2.21. The van der Waals surface area contributed by atoms with Crippen LogP contribution in [0.4, 0.5) is 0 Å². The molecule has 96 valence electrons. The lowest BCUT2D eigenvalue weighted by Gasteiger charge is -2.37. The van der Waals surface area contributed by atoms with Crippen molar-refractivity contribution in [1.82, 2.24) is 14.5 Å². The van der Waals surface area contributed by atoms with Gasteiger partial charge in [-0.05, 0) is 26.3 Å². The number of imidazole rings is 1. The second-order valence-corrected chi connectivity index (χ2v) is 5.34. The van der Waals surface area contributed by atoms with Gasteiger partial charge in [-0.2, -0.15) is 0 Å². The lowest BCUT2D eigenvalue weighted by Crippen LogP contribution is -2.48. The summed E-state index contributed by atoms with van der Waals surface area (Å²) in [6.07, 6.45) is 5.43. The van der Waals surface area contributed by atoms with E-state index in [2.05, 4.69) is 16.8 Å². The number of likely N-dealkylation sites (tertiary alicyclic amines) is 1. The van der Waals surface area contributed by atoms with Crippen LogP contribution in [0.15, 0.2) is 6.20 Å². The molecule has 1 fully saturated rings. The van der Waals surface area contributed by atoms with Crippen LogP contribution in [-0.2, 0) is 13.6 Å². The summed E-state index contributed by atoms with van der Waals surface area (Å²) >= 11 is 6.00. The van der Waals surface area contributed by atoms with E-state index in [0.29, 0.717) is 11.2 Å². The lowest BCUT2D eigenvalue weighted by molar-refractivity contribution is 0.119. The van der Waals surface area contributed by atoms with Gasteiger partial charge in [0.25, 0.3) is 0 Å². The van der Waals surface area contributed by atoms with Gasteiger partial charge in [0.2, 0.25) is 0 Å². The van der Waals surface area contributed by atoms with Crippen LogP contribution >= 0.6 is 11.6 Å². The molecule has 1 aliphatic heterocycles. The van der Waals surface area contributed by atoms with Gasteiger partial charge < -0.3 is 10.3 Å². The number of rotatable bonds is 3. The van der Waals surface area contributed by atoms with Gasteiger partial charge in [0.15, 0.2) is 0 Å². The molecule has 1 aromatic rings. The monoisotopic (exact) mass is 256 g/mol. The van der Waals surface area contributed by atoms with E-state index in [1.807, 2.05) is 11.6 Å². The summed E-state index contributed by atoms with van der Waals surface area (Å²) in [4.78, 5) is 6.79. The van der Waals surface area contributed by atoms with Crippen molar-refractivity contribution >= 4 is 11.6 Å². The Labute approximate surface area is 108 Å². The smallest absolute Gasteiger partial charge is 0.128 e. The Bertz CT molecular complexity index is 375. The molecule has 2 heterocycles. The summed E-state index contributed by atoms with van der Waals surface area (Å²) in [5.41, 5.74) is 6.06. The molecule has 2 rings (SSSR count). The number of halogens is 1. The highest BCUT2D eigenvalue weighted by atomic mass is 35.5. The summed E-state index contributed by atoms with van der Waals surface area (Å²) < 4.78 is 1.94. The van der Waals surface area contributed by atoms with E-state index < -0.39 is 0 Å². The zero-order valence-electron chi connectivity index (χ0n) is 10.6. The van der Waals surface area contributed by atoms with Gasteiger partial charge in [-0.25, -0.2) is 4.98 Å². The minimum Gasteiger partial charge on any atom is -0.327 e. The van der Waals surface area contributed by atoms with Gasteiger partial charge >= 0.3 is 0 Å². The SMILES string of the molecule is CC(N)C1CCCCN1Cc1ncc(Cl)n1C. The lowest BCUT2D eigenvalue weighted by atomic mass is 9.97. The van der Waals surface area contributed by atoms with E-state index >= 15 is 0 Å². The van der Waals surface area contributed by atoms with E-state index in [1.165, 1.54) is 19.3 Å². The summed E-state index contributed by atoms with van der Waals surface area (Å²) in [6.45, 7) is 4.04. The van der Waals surface area contributed by atoms with Gasteiger partial charge in [0, 0.05) is 19.1 Å². The zero-order valence-corrected chi connectivity index (χ0v) is 11.3. The Balaban J connectivity index is 2.08. The number of hydrogen-bond acceptors (Lipinski definition) is 3. The maximum absolute atomic E-state index is 6.06. The molecule has 1 aromatic heterocycles. The highest BCUT2D eigenvalue weighted by molar-refractivity contribution is 6.29. The molecule has 5 heteroatoms. The first-order valence-electron chi connectivity index (χ1n) is 6.25. The third-order valence-electron chi connectivity index (χ3n) is 3.64. The number of aromatic nitrogens is 2. The largest absolute Gasteiger partial charge is 0.327 e.